The number of nitrogens with one attached hydrogen (secondary N) is 1. The number of allylic oxidation sites excluding steroid dienone is 9. The molecule has 66 heavy (non-hydrogen) atoms. The molecule has 0 aromatic carbocycles. The second-order valence-electron chi connectivity index (χ2n) is 19.9. The van der Waals surface area contributed by atoms with Gasteiger partial charge in [0.2, 0.25) is 5.91 Å². The van der Waals surface area contributed by atoms with Gasteiger partial charge in [-0.25, -0.2) is 0 Å². The minimum atomic E-state index is -4.61. The summed E-state index contributed by atoms with van der Waals surface area (Å²) in [5, 5.41) is 13.8. The van der Waals surface area contributed by atoms with Crippen LogP contribution in [0.15, 0.2) is 60.8 Å². The van der Waals surface area contributed by atoms with Gasteiger partial charge in [-0.1, -0.05) is 222 Å². The van der Waals surface area contributed by atoms with Gasteiger partial charge in [-0.05, 0) is 77.0 Å². The molecule has 9 heteroatoms. The molecule has 2 N–H and O–H groups in total. The molecule has 0 spiro atoms. The Bertz CT molecular complexity index is 1260. The van der Waals surface area contributed by atoms with E-state index in [1.807, 2.05) is 27.2 Å². The van der Waals surface area contributed by atoms with Crippen molar-refractivity contribution < 1.29 is 32.9 Å². The quantitative estimate of drug-likeness (QED) is 0.0272. The van der Waals surface area contributed by atoms with Gasteiger partial charge in [-0.3, -0.25) is 9.36 Å². The zero-order valence-electron chi connectivity index (χ0n) is 43.9. The highest BCUT2D eigenvalue weighted by molar-refractivity contribution is 7.45. The first-order valence-corrected chi connectivity index (χ1v) is 29.1. The van der Waals surface area contributed by atoms with Crippen molar-refractivity contribution in [3.63, 3.8) is 0 Å². The van der Waals surface area contributed by atoms with Gasteiger partial charge in [0, 0.05) is 6.42 Å². The third kappa shape index (κ3) is 50.1. The third-order valence-electron chi connectivity index (χ3n) is 12.2. The lowest BCUT2D eigenvalue weighted by molar-refractivity contribution is -0.870. The van der Waals surface area contributed by atoms with Crippen LogP contribution >= 0.6 is 7.82 Å². The van der Waals surface area contributed by atoms with Crippen molar-refractivity contribution in [1.29, 1.82) is 0 Å². The van der Waals surface area contributed by atoms with Gasteiger partial charge in [0.05, 0.1) is 39.9 Å². The van der Waals surface area contributed by atoms with Crippen LogP contribution in [0.2, 0.25) is 0 Å². The van der Waals surface area contributed by atoms with Crippen molar-refractivity contribution >= 4 is 13.7 Å². The standard InChI is InChI=1S/C57H107N2O6P/c1-6-8-10-12-14-16-18-20-22-24-25-26-27-28-29-30-31-32-33-34-35-36-38-40-42-44-46-48-50-56(60)55(54-65-66(62,63)64-53-52-59(3,4)5)58-57(61)51-49-47-45-43-41-39-37-23-21-19-17-15-13-11-9-7-2/h17,19,23,34-35,37,40,42,48,50,55-56,60H,6-16,18,20-22,24-33,36,38-39,41,43-47,49,51-54H2,1-5H3,(H-,58,61,62,63)/b19-17-,35-34+,37-23-,42-40+,50-48+. The number of unbranched alkanes of at least 4 members (excludes halogenated alkanes) is 29. The Morgan fingerprint density at radius 3 is 1.33 bits per heavy atom. The Morgan fingerprint density at radius 1 is 0.530 bits per heavy atom. The van der Waals surface area contributed by atoms with Gasteiger partial charge in [-0.2, -0.15) is 0 Å². The summed E-state index contributed by atoms with van der Waals surface area (Å²) in [7, 11) is 1.22. The summed E-state index contributed by atoms with van der Waals surface area (Å²) in [6.45, 7) is 4.60. The van der Waals surface area contributed by atoms with Gasteiger partial charge >= 0.3 is 0 Å². The molecule has 386 valence electrons. The lowest BCUT2D eigenvalue weighted by Crippen LogP contribution is -2.45. The molecule has 0 bridgehead atoms. The molecule has 0 saturated heterocycles. The van der Waals surface area contributed by atoms with Crippen LogP contribution in [-0.4, -0.2) is 68.5 Å². The fourth-order valence-corrected chi connectivity index (χ4v) is 8.53. The predicted molar refractivity (Wildman–Crippen MR) is 284 cm³/mol. The summed E-state index contributed by atoms with van der Waals surface area (Å²) in [6.07, 6.45) is 64.5. The van der Waals surface area contributed by atoms with E-state index < -0.39 is 26.6 Å². The smallest absolute Gasteiger partial charge is 0.268 e. The number of hydrogen-bond acceptors (Lipinski definition) is 6. The Hall–Kier alpha value is -1.80. The number of carbonyl (C=O) groups excluding carboxylic acids is 1. The third-order valence-corrected chi connectivity index (χ3v) is 13.1. The molecule has 3 atom stereocenters. The van der Waals surface area contributed by atoms with E-state index in [0.29, 0.717) is 17.4 Å². The van der Waals surface area contributed by atoms with Gasteiger partial charge in [-0.15, -0.1) is 0 Å². The molecule has 0 fully saturated rings. The Labute approximate surface area is 409 Å². The molecule has 3 unspecified atom stereocenters. The maximum absolute atomic E-state index is 12.9. The van der Waals surface area contributed by atoms with Gasteiger partial charge in [0.15, 0.2) is 0 Å². The summed E-state index contributed by atoms with van der Waals surface area (Å²) < 4.78 is 23.3. The molecule has 0 aromatic heterocycles. The highest BCUT2D eigenvalue weighted by Gasteiger charge is 2.23. The summed E-state index contributed by atoms with van der Waals surface area (Å²) >= 11 is 0. The van der Waals surface area contributed by atoms with E-state index >= 15 is 0 Å². The summed E-state index contributed by atoms with van der Waals surface area (Å²) in [5.74, 6) is -0.225. The lowest BCUT2D eigenvalue weighted by atomic mass is 10.0. The van der Waals surface area contributed by atoms with Crippen molar-refractivity contribution in [2.24, 2.45) is 0 Å². The normalized spacial score (nSPS) is 14.5. The average molecular weight is 947 g/mol. The number of carbonyl (C=O) groups is 1. The molecule has 1 amide bonds. The maximum Gasteiger partial charge on any atom is 0.268 e. The topological polar surface area (TPSA) is 108 Å². The molecule has 0 aliphatic carbocycles. The van der Waals surface area contributed by atoms with Crippen molar-refractivity contribution in [2.45, 2.75) is 257 Å². The van der Waals surface area contributed by atoms with Crippen LogP contribution in [0.3, 0.4) is 0 Å². The van der Waals surface area contributed by atoms with Crippen LogP contribution in [0.5, 0.6) is 0 Å². The fourth-order valence-electron chi connectivity index (χ4n) is 7.80. The monoisotopic (exact) mass is 947 g/mol. The number of amides is 1. The number of likely N-dealkylation sites (N-methyl/N-ethyl adjacent to an activating group) is 1. The average Bonchev–Trinajstić information content (AvgIpc) is 3.28. The first kappa shape index (κ1) is 64.2. The molecular formula is C57H107N2O6P. The number of phosphoric ester groups is 1. The zero-order chi connectivity index (χ0) is 48.5. The van der Waals surface area contributed by atoms with Gasteiger partial charge < -0.3 is 28.8 Å². The molecule has 0 radical (unpaired) electrons. The second kappa shape index (κ2) is 48.2. The lowest BCUT2D eigenvalue weighted by Gasteiger charge is -2.29. The second-order valence-corrected chi connectivity index (χ2v) is 21.3. The minimum Gasteiger partial charge on any atom is -0.756 e. The van der Waals surface area contributed by atoms with Crippen LogP contribution < -0.4 is 10.2 Å². The first-order chi connectivity index (χ1) is 32.0. The van der Waals surface area contributed by atoms with Crippen LogP contribution in [0.25, 0.3) is 0 Å². The van der Waals surface area contributed by atoms with Gasteiger partial charge in [0.1, 0.15) is 13.2 Å². The highest BCUT2D eigenvalue weighted by Crippen LogP contribution is 2.38. The Balaban J connectivity index is 4.30. The Morgan fingerprint density at radius 2 is 0.894 bits per heavy atom. The molecule has 0 aromatic rings. The number of nitrogens with zero attached hydrogens (tertiary/aromatic N) is 1. The van der Waals surface area contributed by atoms with Crippen molar-refractivity contribution in [3.05, 3.63) is 60.8 Å². The summed E-state index contributed by atoms with van der Waals surface area (Å²) in [5.41, 5.74) is 0. The first-order valence-electron chi connectivity index (χ1n) is 27.7. The number of rotatable bonds is 50. The van der Waals surface area contributed by atoms with Crippen LogP contribution in [0.4, 0.5) is 0 Å². The fraction of sp³-hybridized carbons (Fsp3) is 0.807. The van der Waals surface area contributed by atoms with Crippen molar-refractivity contribution in [1.82, 2.24) is 5.32 Å². The molecular weight excluding hydrogens is 840 g/mol. The van der Waals surface area contributed by atoms with E-state index in [4.69, 9.17) is 9.05 Å². The number of hydrogen-bond donors (Lipinski definition) is 2. The van der Waals surface area contributed by atoms with E-state index in [0.717, 1.165) is 70.6 Å². The van der Waals surface area contributed by atoms with E-state index in [9.17, 15) is 19.4 Å². The number of quaternary nitrogens is 1. The largest absolute Gasteiger partial charge is 0.756 e. The Kier molecular flexibility index (Phi) is 46.9. The SMILES string of the molecule is CCCCCC/C=C\C/C=C\CCCCCCCC(=O)NC(COP(=O)([O-])OCC[N+](C)(C)C)C(O)/C=C/CC/C=C/CC/C=C/CCCCCCCCCCCCCCCCCCCC. The molecule has 0 aliphatic heterocycles. The minimum absolute atomic E-state index is 0.0138. The van der Waals surface area contributed by atoms with E-state index in [1.165, 1.54) is 154 Å². The van der Waals surface area contributed by atoms with E-state index in [-0.39, 0.29) is 12.5 Å². The van der Waals surface area contributed by atoms with Crippen LogP contribution in [-0.2, 0) is 18.4 Å². The molecule has 0 rings (SSSR count). The molecule has 0 heterocycles. The number of aliphatic hydroxyl groups is 1. The summed E-state index contributed by atoms with van der Waals surface area (Å²) in [6, 6.07) is -0.919. The number of phosphoric acid groups is 1. The van der Waals surface area contributed by atoms with E-state index in [1.54, 1.807) is 6.08 Å². The van der Waals surface area contributed by atoms with Gasteiger partial charge in [0.25, 0.3) is 7.82 Å². The van der Waals surface area contributed by atoms with Crippen LogP contribution in [0.1, 0.15) is 245 Å². The maximum atomic E-state index is 12.9. The highest BCUT2D eigenvalue weighted by atomic mass is 31.2. The zero-order valence-corrected chi connectivity index (χ0v) is 44.8. The van der Waals surface area contributed by atoms with Crippen molar-refractivity contribution in [3.8, 4) is 0 Å². The molecule has 8 nitrogen and oxygen atoms in total. The molecule has 0 saturated carbocycles. The van der Waals surface area contributed by atoms with Crippen LogP contribution in [0, 0.1) is 0 Å². The predicted octanol–water partition coefficient (Wildman–Crippen LogP) is 15.9. The summed E-state index contributed by atoms with van der Waals surface area (Å²) in [4.78, 5) is 25.4. The van der Waals surface area contributed by atoms with E-state index in [2.05, 4.69) is 67.8 Å². The number of aliphatic hydroxyl groups excluding tert-OH is 1. The van der Waals surface area contributed by atoms with Crippen molar-refractivity contribution in [2.75, 3.05) is 40.9 Å². The molecule has 0 aliphatic rings.